The summed E-state index contributed by atoms with van der Waals surface area (Å²) in [6.07, 6.45) is 5.90. The maximum atomic E-state index is 13.1. The van der Waals surface area contributed by atoms with E-state index in [2.05, 4.69) is 13.8 Å². The lowest BCUT2D eigenvalue weighted by atomic mass is 9.99. The average Bonchev–Trinajstić information content (AvgIpc) is 2.72. The number of hydrogen-bond acceptors (Lipinski definition) is 4. The molecule has 31 heavy (non-hydrogen) atoms. The van der Waals surface area contributed by atoms with Crippen LogP contribution >= 0.6 is 11.6 Å². The number of rotatable bonds is 13. The zero-order valence-corrected chi connectivity index (χ0v) is 21.2. The van der Waals surface area contributed by atoms with E-state index in [0.29, 0.717) is 11.4 Å². The molecule has 0 aliphatic rings. The van der Waals surface area contributed by atoms with E-state index in [9.17, 15) is 9.59 Å². The van der Waals surface area contributed by atoms with Crippen molar-refractivity contribution in [1.29, 1.82) is 0 Å². The van der Waals surface area contributed by atoms with Gasteiger partial charge in [0.25, 0.3) is 0 Å². The average molecular weight is 453 g/mol. The highest BCUT2D eigenvalue weighted by molar-refractivity contribution is 6.32. The second-order valence-corrected chi connectivity index (χ2v) is 9.41. The highest BCUT2D eigenvalue weighted by atomic mass is 35.5. The molecule has 0 heterocycles. The van der Waals surface area contributed by atoms with Crippen LogP contribution in [0.4, 0.5) is 0 Å². The minimum Gasteiger partial charge on any atom is -0.458 e. The van der Waals surface area contributed by atoms with Crippen LogP contribution in [0.5, 0.6) is 0 Å². The lowest BCUT2D eigenvalue weighted by Gasteiger charge is -2.24. The third-order valence-corrected chi connectivity index (χ3v) is 6.05. The van der Waals surface area contributed by atoms with Crippen molar-refractivity contribution in [1.82, 2.24) is 0 Å². The van der Waals surface area contributed by atoms with Crippen molar-refractivity contribution in [2.24, 2.45) is 11.8 Å². The maximum Gasteiger partial charge on any atom is 0.339 e. The molecule has 0 aliphatic carbocycles. The highest BCUT2D eigenvalue weighted by Gasteiger charge is 2.27. The van der Waals surface area contributed by atoms with Gasteiger partial charge >= 0.3 is 11.9 Å². The van der Waals surface area contributed by atoms with Crippen molar-refractivity contribution >= 4 is 23.5 Å². The summed E-state index contributed by atoms with van der Waals surface area (Å²) in [6, 6.07) is 3.25. The fourth-order valence-electron chi connectivity index (χ4n) is 3.50. The Morgan fingerprint density at radius 3 is 1.58 bits per heavy atom. The van der Waals surface area contributed by atoms with Crippen LogP contribution in [0.1, 0.15) is 113 Å². The molecule has 4 nitrogen and oxygen atoms in total. The van der Waals surface area contributed by atoms with Crippen molar-refractivity contribution in [2.75, 3.05) is 0 Å². The maximum absolute atomic E-state index is 13.1. The first-order valence-electron chi connectivity index (χ1n) is 11.9. The van der Waals surface area contributed by atoms with E-state index in [1.54, 1.807) is 12.1 Å². The van der Waals surface area contributed by atoms with E-state index >= 15 is 0 Å². The molecular weight excluding hydrogens is 412 g/mol. The molecule has 0 spiro atoms. The van der Waals surface area contributed by atoms with Crippen molar-refractivity contribution in [3.8, 4) is 0 Å². The summed E-state index contributed by atoms with van der Waals surface area (Å²) in [5.41, 5.74) is 1.24. The van der Waals surface area contributed by atoms with Gasteiger partial charge < -0.3 is 9.47 Å². The topological polar surface area (TPSA) is 52.6 Å². The molecule has 1 aromatic rings. The number of hydrogen-bond donors (Lipinski definition) is 0. The predicted octanol–water partition coefficient (Wildman–Crippen LogP) is 7.65. The number of aryl methyl sites for hydroxylation is 1. The first-order chi connectivity index (χ1) is 14.7. The summed E-state index contributed by atoms with van der Waals surface area (Å²) in [7, 11) is 0. The zero-order valence-electron chi connectivity index (χ0n) is 20.4. The molecule has 0 N–H and O–H groups in total. The lowest BCUT2D eigenvalue weighted by molar-refractivity contribution is 0.0107. The van der Waals surface area contributed by atoms with E-state index in [4.69, 9.17) is 21.1 Å². The van der Waals surface area contributed by atoms with Gasteiger partial charge in [0.05, 0.1) is 11.1 Å². The second-order valence-electron chi connectivity index (χ2n) is 9.00. The number of carbonyl (C=O) groups excluding carboxylic acids is 2. The Morgan fingerprint density at radius 1 is 0.806 bits per heavy atom. The number of esters is 2. The Hall–Kier alpha value is -1.55. The molecule has 0 amide bonds. The number of unbranched alkanes of at least 4 members (excludes halogenated alkanes) is 2. The van der Waals surface area contributed by atoms with Crippen molar-refractivity contribution in [3.63, 3.8) is 0 Å². The van der Waals surface area contributed by atoms with Gasteiger partial charge in [0.2, 0.25) is 0 Å². The van der Waals surface area contributed by atoms with Gasteiger partial charge in [0.15, 0.2) is 0 Å². The minimum atomic E-state index is -0.513. The van der Waals surface area contributed by atoms with Crippen LogP contribution in [0.2, 0.25) is 5.02 Å². The SMILES string of the molecule is CCCCC(OC(=O)c1cc(Cl)c(CC)cc1C(=O)OC(CCCC)C(C)C)C(C)C. The van der Waals surface area contributed by atoms with Crippen molar-refractivity contribution < 1.29 is 19.1 Å². The molecule has 1 rings (SSSR count). The van der Waals surface area contributed by atoms with Crippen molar-refractivity contribution in [2.45, 2.75) is 106 Å². The Bertz CT molecular complexity index is 712. The van der Waals surface area contributed by atoms with E-state index in [1.165, 1.54) is 0 Å². The van der Waals surface area contributed by atoms with E-state index in [1.807, 2.05) is 34.6 Å². The summed E-state index contributed by atoms with van der Waals surface area (Å²) < 4.78 is 11.7. The van der Waals surface area contributed by atoms with Crippen LogP contribution < -0.4 is 0 Å². The van der Waals surface area contributed by atoms with Crippen LogP contribution in [0.25, 0.3) is 0 Å². The molecule has 0 fully saturated rings. The smallest absolute Gasteiger partial charge is 0.339 e. The number of benzene rings is 1. The summed E-state index contributed by atoms with van der Waals surface area (Å²) in [5.74, 6) is -0.609. The van der Waals surface area contributed by atoms with Gasteiger partial charge in [-0.15, -0.1) is 0 Å². The molecule has 0 saturated carbocycles. The standard InChI is InChI=1S/C26H41ClO4/c1-8-11-13-23(17(4)5)30-25(28)20-15-19(10-3)22(27)16-21(20)26(29)31-24(18(6)7)14-12-9-2/h15-18,23-24H,8-14H2,1-7H3. The Labute approximate surface area is 194 Å². The Kier molecular flexibility index (Phi) is 12.2. The molecule has 0 saturated heterocycles. The van der Waals surface area contributed by atoms with Crippen LogP contribution in [0.3, 0.4) is 0 Å². The highest BCUT2D eigenvalue weighted by Crippen LogP contribution is 2.27. The molecular formula is C26H41ClO4. The normalized spacial score (nSPS) is 13.4. The fourth-order valence-corrected chi connectivity index (χ4v) is 3.79. The Balaban J connectivity index is 3.24. The monoisotopic (exact) mass is 452 g/mol. The van der Waals surface area contributed by atoms with Gasteiger partial charge in [0, 0.05) is 5.02 Å². The van der Waals surface area contributed by atoms with Gasteiger partial charge in [-0.25, -0.2) is 9.59 Å². The largest absolute Gasteiger partial charge is 0.458 e. The van der Waals surface area contributed by atoms with Gasteiger partial charge in [0.1, 0.15) is 12.2 Å². The van der Waals surface area contributed by atoms with Gasteiger partial charge in [-0.2, -0.15) is 0 Å². The predicted molar refractivity (Wildman–Crippen MR) is 128 cm³/mol. The molecule has 5 heteroatoms. The van der Waals surface area contributed by atoms with Crippen LogP contribution in [0, 0.1) is 11.8 Å². The molecule has 2 atom stereocenters. The third kappa shape index (κ3) is 8.48. The molecule has 0 aliphatic heterocycles. The Morgan fingerprint density at radius 2 is 1.23 bits per heavy atom. The van der Waals surface area contributed by atoms with Crippen LogP contribution in [-0.2, 0) is 15.9 Å². The van der Waals surface area contributed by atoms with E-state index in [-0.39, 0.29) is 35.2 Å². The summed E-state index contributed by atoms with van der Waals surface area (Å²) >= 11 is 6.40. The molecule has 0 radical (unpaired) electrons. The van der Waals surface area contributed by atoms with E-state index in [0.717, 1.165) is 44.1 Å². The van der Waals surface area contributed by atoms with Gasteiger partial charge in [-0.3, -0.25) is 0 Å². The number of halogens is 1. The molecule has 0 aromatic heterocycles. The fraction of sp³-hybridized carbons (Fsp3) is 0.692. The molecule has 2 unspecified atom stereocenters. The van der Waals surface area contributed by atoms with E-state index < -0.39 is 11.9 Å². The van der Waals surface area contributed by atoms with Crippen LogP contribution in [0.15, 0.2) is 12.1 Å². The quantitative estimate of drug-likeness (QED) is 0.288. The third-order valence-electron chi connectivity index (χ3n) is 5.70. The molecule has 0 bridgehead atoms. The van der Waals surface area contributed by atoms with Crippen molar-refractivity contribution in [3.05, 3.63) is 33.8 Å². The number of ether oxygens (including phenoxy) is 2. The minimum absolute atomic E-state index is 0.187. The molecule has 1 aromatic carbocycles. The van der Waals surface area contributed by atoms with Crippen LogP contribution in [-0.4, -0.2) is 24.1 Å². The summed E-state index contributed by atoms with van der Waals surface area (Å²) in [6.45, 7) is 14.4. The van der Waals surface area contributed by atoms with Gasteiger partial charge in [-0.05, 0) is 48.8 Å². The summed E-state index contributed by atoms with van der Waals surface area (Å²) in [5, 5.41) is 0.465. The van der Waals surface area contributed by atoms with Gasteiger partial charge in [-0.1, -0.05) is 85.8 Å². The zero-order chi connectivity index (χ0) is 23.6. The number of carbonyl (C=O) groups is 2. The lowest BCUT2D eigenvalue weighted by Crippen LogP contribution is -2.27. The summed E-state index contributed by atoms with van der Waals surface area (Å²) in [4.78, 5) is 26.2. The molecule has 176 valence electrons. The first kappa shape index (κ1) is 27.5. The first-order valence-corrected chi connectivity index (χ1v) is 12.3. The second kappa shape index (κ2) is 13.8.